The van der Waals surface area contributed by atoms with Crippen LogP contribution in [0.25, 0.3) is 0 Å². The van der Waals surface area contributed by atoms with E-state index in [4.69, 9.17) is 4.42 Å². The molecule has 2 aromatic rings. The fraction of sp³-hybridized carbons (Fsp3) is 0.556. The molecule has 24 heavy (non-hydrogen) atoms. The van der Waals surface area contributed by atoms with Crippen LogP contribution in [0.4, 0.5) is 0 Å². The van der Waals surface area contributed by atoms with E-state index in [1.165, 1.54) is 0 Å². The predicted octanol–water partition coefficient (Wildman–Crippen LogP) is 2.58. The molecule has 128 valence electrons. The number of H-pyrrole nitrogens is 1. The summed E-state index contributed by atoms with van der Waals surface area (Å²) < 4.78 is 5.95. The number of fused-ring (bicyclic) bond motifs is 1. The van der Waals surface area contributed by atoms with Gasteiger partial charge in [-0.3, -0.25) is 9.89 Å². The van der Waals surface area contributed by atoms with E-state index in [-0.39, 0.29) is 11.9 Å². The van der Waals surface area contributed by atoms with Crippen LogP contribution in [0.3, 0.4) is 0 Å². The van der Waals surface area contributed by atoms with Crippen molar-refractivity contribution in [2.75, 3.05) is 13.1 Å². The monoisotopic (exact) mass is 328 g/mol. The smallest absolute Gasteiger partial charge is 0.275 e. The zero-order valence-electron chi connectivity index (χ0n) is 14.1. The van der Waals surface area contributed by atoms with Gasteiger partial charge in [-0.1, -0.05) is 6.92 Å². The van der Waals surface area contributed by atoms with E-state index in [9.17, 15) is 4.79 Å². The van der Waals surface area contributed by atoms with Crippen molar-refractivity contribution in [3.63, 3.8) is 0 Å². The standard InChI is InChI=1S/C18H24N4O2/c1-2-12-6-7-16(24-12)15-5-3-4-10-22(15)18(23)17-13-11-19-9-8-14(13)20-21-17/h6-7,15,19H,2-5,8-11H2,1H3,(H,20,21). The number of hydrogen-bond acceptors (Lipinski definition) is 4. The summed E-state index contributed by atoms with van der Waals surface area (Å²) in [5.74, 6) is 1.90. The van der Waals surface area contributed by atoms with Crippen molar-refractivity contribution in [2.24, 2.45) is 0 Å². The summed E-state index contributed by atoms with van der Waals surface area (Å²) in [6.07, 6.45) is 4.88. The Labute approximate surface area is 141 Å². The van der Waals surface area contributed by atoms with Crippen LogP contribution in [0.1, 0.15) is 65.5 Å². The molecule has 0 saturated carbocycles. The SMILES string of the molecule is CCc1ccc(C2CCCCN2C(=O)c2n[nH]c3c2CNCC3)o1. The lowest BCUT2D eigenvalue weighted by atomic mass is 9.98. The Hall–Kier alpha value is -2.08. The van der Waals surface area contributed by atoms with Gasteiger partial charge in [0.1, 0.15) is 11.5 Å². The molecule has 1 saturated heterocycles. The maximum atomic E-state index is 13.2. The number of hydrogen-bond donors (Lipinski definition) is 2. The van der Waals surface area contributed by atoms with Crippen molar-refractivity contribution in [2.45, 2.75) is 51.6 Å². The highest BCUT2D eigenvalue weighted by Gasteiger charge is 2.33. The first kappa shape index (κ1) is 15.4. The molecule has 4 heterocycles. The Morgan fingerprint density at radius 1 is 1.42 bits per heavy atom. The summed E-state index contributed by atoms with van der Waals surface area (Å²) in [5.41, 5.74) is 2.70. The molecule has 6 heteroatoms. The molecule has 1 fully saturated rings. The van der Waals surface area contributed by atoms with E-state index >= 15 is 0 Å². The van der Waals surface area contributed by atoms with E-state index in [1.54, 1.807) is 0 Å². The molecule has 0 bridgehead atoms. The van der Waals surface area contributed by atoms with Crippen LogP contribution in [0, 0.1) is 0 Å². The molecule has 2 N–H and O–H groups in total. The predicted molar refractivity (Wildman–Crippen MR) is 89.7 cm³/mol. The molecule has 0 aromatic carbocycles. The second kappa shape index (κ2) is 6.43. The number of aromatic nitrogens is 2. The lowest BCUT2D eigenvalue weighted by molar-refractivity contribution is 0.0571. The number of nitrogens with one attached hydrogen (secondary N) is 2. The molecule has 0 radical (unpaired) electrons. The summed E-state index contributed by atoms with van der Waals surface area (Å²) >= 11 is 0. The lowest BCUT2D eigenvalue weighted by Gasteiger charge is -2.34. The maximum absolute atomic E-state index is 13.2. The fourth-order valence-electron chi connectivity index (χ4n) is 3.77. The van der Waals surface area contributed by atoms with Gasteiger partial charge in [-0.25, -0.2) is 0 Å². The zero-order chi connectivity index (χ0) is 16.5. The molecule has 4 rings (SSSR count). The average Bonchev–Trinajstić information content (AvgIpc) is 3.28. The van der Waals surface area contributed by atoms with Gasteiger partial charge in [0.15, 0.2) is 5.69 Å². The van der Waals surface area contributed by atoms with Gasteiger partial charge < -0.3 is 14.6 Å². The molecule has 1 amide bonds. The summed E-state index contributed by atoms with van der Waals surface area (Å²) in [6.45, 7) is 4.49. The number of carbonyl (C=O) groups is 1. The fourth-order valence-corrected chi connectivity index (χ4v) is 3.77. The molecule has 2 aliphatic heterocycles. The van der Waals surface area contributed by atoms with Crippen molar-refractivity contribution in [3.05, 3.63) is 40.6 Å². The van der Waals surface area contributed by atoms with E-state index in [0.29, 0.717) is 12.2 Å². The Balaban J connectivity index is 1.62. The number of aryl methyl sites for hydroxylation is 1. The number of nitrogens with zero attached hydrogens (tertiary/aromatic N) is 2. The van der Waals surface area contributed by atoms with Crippen LogP contribution < -0.4 is 5.32 Å². The minimum Gasteiger partial charge on any atom is -0.464 e. The second-order valence-electron chi connectivity index (χ2n) is 6.62. The van der Waals surface area contributed by atoms with Crippen LogP contribution in [0.15, 0.2) is 16.5 Å². The highest BCUT2D eigenvalue weighted by molar-refractivity contribution is 5.94. The highest BCUT2D eigenvalue weighted by atomic mass is 16.3. The lowest BCUT2D eigenvalue weighted by Crippen LogP contribution is -2.39. The van der Waals surface area contributed by atoms with E-state index in [2.05, 4.69) is 22.4 Å². The molecule has 1 atom stereocenters. The van der Waals surface area contributed by atoms with Crippen molar-refractivity contribution >= 4 is 5.91 Å². The van der Waals surface area contributed by atoms with Crippen LogP contribution in [0.2, 0.25) is 0 Å². The van der Waals surface area contributed by atoms with Gasteiger partial charge in [-0.15, -0.1) is 0 Å². The number of carbonyl (C=O) groups excluding carboxylic acids is 1. The van der Waals surface area contributed by atoms with Crippen molar-refractivity contribution < 1.29 is 9.21 Å². The summed E-state index contributed by atoms with van der Waals surface area (Å²) in [4.78, 5) is 15.1. The van der Waals surface area contributed by atoms with Crippen LogP contribution in [-0.4, -0.2) is 34.1 Å². The summed E-state index contributed by atoms with van der Waals surface area (Å²) in [7, 11) is 0. The van der Waals surface area contributed by atoms with Crippen LogP contribution in [0.5, 0.6) is 0 Å². The van der Waals surface area contributed by atoms with E-state index < -0.39 is 0 Å². The maximum Gasteiger partial charge on any atom is 0.275 e. The first-order chi connectivity index (χ1) is 11.8. The van der Waals surface area contributed by atoms with Gasteiger partial charge in [-0.05, 0) is 31.4 Å². The Morgan fingerprint density at radius 3 is 3.17 bits per heavy atom. The first-order valence-corrected chi connectivity index (χ1v) is 8.94. The number of piperidine rings is 1. The van der Waals surface area contributed by atoms with Gasteiger partial charge in [0, 0.05) is 43.7 Å². The second-order valence-corrected chi connectivity index (χ2v) is 6.62. The topological polar surface area (TPSA) is 74.2 Å². The van der Waals surface area contributed by atoms with Gasteiger partial charge in [0.05, 0.1) is 6.04 Å². The normalized spacial score (nSPS) is 20.9. The van der Waals surface area contributed by atoms with E-state index in [1.807, 2.05) is 17.0 Å². The van der Waals surface area contributed by atoms with Gasteiger partial charge >= 0.3 is 0 Å². The highest BCUT2D eigenvalue weighted by Crippen LogP contribution is 2.33. The Kier molecular flexibility index (Phi) is 4.14. The summed E-state index contributed by atoms with van der Waals surface area (Å²) in [5, 5.41) is 10.7. The van der Waals surface area contributed by atoms with Gasteiger partial charge in [0.25, 0.3) is 5.91 Å². The number of furan rings is 1. The molecular formula is C18H24N4O2. The van der Waals surface area contributed by atoms with Gasteiger partial charge in [0.2, 0.25) is 0 Å². The number of rotatable bonds is 3. The van der Waals surface area contributed by atoms with Crippen LogP contribution >= 0.6 is 0 Å². The Morgan fingerprint density at radius 2 is 2.33 bits per heavy atom. The third-order valence-corrected chi connectivity index (χ3v) is 5.13. The largest absolute Gasteiger partial charge is 0.464 e. The third-order valence-electron chi connectivity index (χ3n) is 5.13. The van der Waals surface area contributed by atoms with Gasteiger partial charge in [-0.2, -0.15) is 5.10 Å². The molecule has 6 nitrogen and oxygen atoms in total. The molecule has 0 spiro atoms. The molecule has 1 unspecified atom stereocenters. The van der Waals surface area contributed by atoms with E-state index in [0.717, 1.165) is 68.0 Å². The van der Waals surface area contributed by atoms with Crippen LogP contribution in [-0.2, 0) is 19.4 Å². The number of likely N-dealkylation sites (tertiary alicyclic amines) is 1. The first-order valence-electron chi connectivity index (χ1n) is 8.94. The quantitative estimate of drug-likeness (QED) is 0.908. The summed E-state index contributed by atoms with van der Waals surface area (Å²) in [6, 6.07) is 4.07. The molecular weight excluding hydrogens is 304 g/mol. The van der Waals surface area contributed by atoms with Crippen molar-refractivity contribution in [1.29, 1.82) is 0 Å². The zero-order valence-corrected chi connectivity index (χ0v) is 14.1. The average molecular weight is 328 g/mol. The van der Waals surface area contributed by atoms with Crippen molar-refractivity contribution in [3.8, 4) is 0 Å². The minimum atomic E-state index is 0.0235. The van der Waals surface area contributed by atoms with Crippen molar-refractivity contribution in [1.82, 2.24) is 20.4 Å². The minimum absolute atomic E-state index is 0.0235. The third kappa shape index (κ3) is 2.65. The molecule has 0 aliphatic carbocycles. The molecule has 2 aliphatic rings. The number of aromatic amines is 1. The Bertz CT molecular complexity index is 733. The number of amides is 1. The molecule has 2 aromatic heterocycles.